The number of unbranched alkanes of at least 4 members (excludes halogenated alkanes) is 22. The van der Waals surface area contributed by atoms with Crippen LogP contribution in [0.25, 0.3) is 0 Å². The van der Waals surface area contributed by atoms with Gasteiger partial charge in [0.25, 0.3) is 0 Å². The Labute approximate surface area is 309 Å². The van der Waals surface area contributed by atoms with E-state index in [0.29, 0.717) is 12.8 Å². The summed E-state index contributed by atoms with van der Waals surface area (Å²) in [6.45, 7) is 3.94. The van der Waals surface area contributed by atoms with E-state index in [2.05, 4.69) is 62.5 Å². The molecule has 1 N–H and O–H groups in total. The molecule has 0 aromatic carbocycles. The van der Waals surface area contributed by atoms with Gasteiger partial charge in [-0.15, -0.1) is 0 Å². The Morgan fingerprint density at radius 3 is 1.30 bits per heavy atom. The van der Waals surface area contributed by atoms with Gasteiger partial charge in [-0.05, 0) is 51.4 Å². The van der Waals surface area contributed by atoms with Crippen molar-refractivity contribution >= 4 is 11.9 Å². The zero-order chi connectivity index (χ0) is 36.4. The average molecular weight is 701 g/mol. The second-order valence-electron chi connectivity index (χ2n) is 14.0. The van der Waals surface area contributed by atoms with E-state index in [1.807, 2.05) is 0 Å². The van der Waals surface area contributed by atoms with E-state index in [9.17, 15) is 14.7 Å². The van der Waals surface area contributed by atoms with Crippen molar-refractivity contribution in [3.63, 3.8) is 0 Å². The highest BCUT2D eigenvalue weighted by molar-refractivity contribution is 5.70. The highest BCUT2D eigenvalue weighted by Gasteiger charge is 2.16. The lowest BCUT2D eigenvalue weighted by Crippen LogP contribution is -2.28. The van der Waals surface area contributed by atoms with E-state index >= 15 is 0 Å². The van der Waals surface area contributed by atoms with Crippen LogP contribution >= 0.6 is 0 Å². The SMILES string of the molecule is CC/C=C\C/C=C\C/C=C\C/C=C\CCCCCCCCCCCCCCCCCCCCC(=O)OC(CO)COC(=O)CCCCCCC. The monoisotopic (exact) mass is 701 g/mol. The van der Waals surface area contributed by atoms with Crippen molar-refractivity contribution in [1.29, 1.82) is 0 Å². The molecular formula is C45H80O5. The lowest BCUT2D eigenvalue weighted by Gasteiger charge is -2.15. The molecule has 1 atom stereocenters. The van der Waals surface area contributed by atoms with Crippen LogP contribution in [0, 0.1) is 0 Å². The molecule has 50 heavy (non-hydrogen) atoms. The molecule has 290 valence electrons. The van der Waals surface area contributed by atoms with Gasteiger partial charge in [-0.1, -0.05) is 191 Å². The van der Waals surface area contributed by atoms with E-state index in [0.717, 1.165) is 64.2 Å². The highest BCUT2D eigenvalue weighted by atomic mass is 16.6. The van der Waals surface area contributed by atoms with Crippen LogP contribution in [0.15, 0.2) is 48.6 Å². The van der Waals surface area contributed by atoms with Crippen LogP contribution in [0.3, 0.4) is 0 Å². The predicted molar refractivity (Wildman–Crippen MR) is 214 cm³/mol. The largest absolute Gasteiger partial charge is 0.462 e. The van der Waals surface area contributed by atoms with E-state index in [1.165, 1.54) is 116 Å². The first kappa shape index (κ1) is 47.9. The number of hydrogen-bond donors (Lipinski definition) is 1. The van der Waals surface area contributed by atoms with E-state index in [1.54, 1.807) is 0 Å². The molecule has 0 fully saturated rings. The topological polar surface area (TPSA) is 72.8 Å². The van der Waals surface area contributed by atoms with E-state index in [4.69, 9.17) is 9.47 Å². The second kappa shape index (κ2) is 41.3. The summed E-state index contributed by atoms with van der Waals surface area (Å²) in [7, 11) is 0. The first-order valence-corrected chi connectivity index (χ1v) is 21.2. The van der Waals surface area contributed by atoms with Gasteiger partial charge in [-0.2, -0.15) is 0 Å². The number of ether oxygens (including phenoxy) is 2. The standard InChI is InChI=1S/C45H80O5/c1-3-5-7-9-10-11-12-13-14-15-16-17-18-19-20-21-22-23-24-25-26-27-28-29-30-31-32-33-34-36-38-40-45(48)50-43(41-46)42-49-44(47)39-37-35-8-6-4-2/h5,7,10-11,13-14,16-17,43,46H,3-4,6,8-9,12,15,18-42H2,1-2H3/b7-5-,11-10-,14-13-,17-16-. The van der Waals surface area contributed by atoms with E-state index < -0.39 is 6.10 Å². The molecule has 5 nitrogen and oxygen atoms in total. The molecule has 0 aromatic rings. The Hall–Kier alpha value is -2.14. The Balaban J connectivity index is 3.39. The van der Waals surface area contributed by atoms with Crippen LogP contribution in [0.5, 0.6) is 0 Å². The van der Waals surface area contributed by atoms with Gasteiger partial charge in [0.1, 0.15) is 6.61 Å². The maximum absolute atomic E-state index is 12.1. The van der Waals surface area contributed by atoms with Crippen molar-refractivity contribution < 1.29 is 24.2 Å². The third-order valence-electron chi connectivity index (χ3n) is 9.14. The Morgan fingerprint density at radius 1 is 0.480 bits per heavy atom. The van der Waals surface area contributed by atoms with Gasteiger partial charge in [-0.3, -0.25) is 9.59 Å². The Morgan fingerprint density at radius 2 is 0.860 bits per heavy atom. The molecule has 0 amide bonds. The summed E-state index contributed by atoms with van der Waals surface area (Å²) in [5.74, 6) is -0.600. The van der Waals surface area contributed by atoms with Gasteiger partial charge in [0, 0.05) is 12.8 Å². The van der Waals surface area contributed by atoms with Crippen LogP contribution in [-0.2, 0) is 19.1 Å². The van der Waals surface area contributed by atoms with Gasteiger partial charge in [0.2, 0.25) is 0 Å². The molecule has 1 unspecified atom stereocenters. The van der Waals surface area contributed by atoms with Crippen molar-refractivity contribution in [3.05, 3.63) is 48.6 Å². The number of esters is 2. The molecule has 0 saturated carbocycles. The number of aliphatic hydroxyl groups excluding tert-OH is 1. The fourth-order valence-electron chi connectivity index (χ4n) is 5.96. The summed E-state index contributed by atoms with van der Waals surface area (Å²) in [6, 6.07) is 0. The lowest BCUT2D eigenvalue weighted by molar-refractivity contribution is -0.161. The second-order valence-corrected chi connectivity index (χ2v) is 14.0. The fraction of sp³-hybridized carbons (Fsp3) is 0.778. The maximum atomic E-state index is 12.1. The third kappa shape index (κ3) is 38.7. The van der Waals surface area contributed by atoms with Crippen molar-refractivity contribution in [2.45, 2.75) is 213 Å². The number of aliphatic hydroxyl groups is 1. The molecule has 0 spiro atoms. The zero-order valence-corrected chi connectivity index (χ0v) is 32.9. The summed E-state index contributed by atoms with van der Waals surface area (Å²) >= 11 is 0. The lowest BCUT2D eigenvalue weighted by atomic mass is 10.0. The van der Waals surface area contributed by atoms with Crippen molar-refractivity contribution in [2.24, 2.45) is 0 Å². The molecule has 0 rings (SSSR count). The molecule has 0 radical (unpaired) electrons. The summed E-state index contributed by atoms with van der Waals surface area (Å²) in [5.41, 5.74) is 0. The summed E-state index contributed by atoms with van der Waals surface area (Å²) in [6.07, 6.45) is 52.4. The minimum atomic E-state index is -0.764. The fourth-order valence-corrected chi connectivity index (χ4v) is 5.96. The zero-order valence-electron chi connectivity index (χ0n) is 32.9. The van der Waals surface area contributed by atoms with Crippen molar-refractivity contribution in [1.82, 2.24) is 0 Å². The quantitative estimate of drug-likeness (QED) is 0.0394. The van der Waals surface area contributed by atoms with Gasteiger partial charge in [-0.25, -0.2) is 0 Å². The normalized spacial score (nSPS) is 12.6. The third-order valence-corrected chi connectivity index (χ3v) is 9.14. The van der Waals surface area contributed by atoms with Crippen LogP contribution in [0.4, 0.5) is 0 Å². The number of allylic oxidation sites excluding steroid dienone is 8. The number of carbonyl (C=O) groups is 2. The predicted octanol–water partition coefficient (Wildman–Crippen LogP) is 13.4. The summed E-state index contributed by atoms with van der Waals surface area (Å²) < 4.78 is 10.5. The summed E-state index contributed by atoms with van der Waals surface area (Å²) in [5, 5.41) is 9.48. The van der Waals surface area contributed by atoms with Crippen molar-refractivity contribution in [3.8, 4) is 0 Å². The molecule has 0 heterocycles. The minimum absolute atomic E-state index is 0.0645. The van der Waals surface area contributed by atoms with Crippen LogP contribution in [0.2, 0.25) is 0 Å². The van der Waals surface area contributed by atoms with Crippen LogP contribution in [-0.4, -0.2) is 36.4 Å². The highest BCUT2D eigenvalue weighted by Crippen LogP contribution is 2.15. The Kier molecular flexibility index (Phi) is 39.5. The van der Waals surface area contributed by atoms with Gasteiger partial charge < -0.3 is 14.6 Å². The number of hydrogen-bond acceptors (Lipinski definition) is 5. The van der Waals surface area contributed by atoms with Gasteiger partial charge in [0.05, 0.1) is 6.61 Å². The smallest absolute Gasteiger partial charge is 0.306 e. The Bertz CT molecular complexity index is 842. The summed E-state index contributed by atoms with van der Waals surface area (Å²) in [4.78, 5) is 24.0. The maximum Gasteiger partial charge on any atom is 0.306 e. The average Bonchev–Trinajstić information content (AvgIpc) is 3.12. The first-order valence-electron chi connectivity index (χ1n) is 21.2. The van der Waals surface area contributed by atoms with Gasteiger partial charge in [0.15, 0.2) is 6.10 Å². The van der Waals surface area contributed by atoms with Crippen LogP contribution in [0.1, 0.15) is 206 Å². The molecule has 0 bridgehead atoms. The van der Waals surface area contributed by atoms with Crippen molar-refractivity contribution in [2.75, 3.05) is 13.2 Å². The molecular weight excluding hydrogens is 620 g/mol. The van der Waals surface area contributed by atoms with Crippen LogP contribution < -0.4 is 0 Å². The molecule has 0 aliphatic heterocycles. The molecule has 0 saturated heterocycles. The van der Waals surface area contributed by atoms with Gasteiger partial charge >= 0.3 is 11.9 Å². The molecule has 0 aliphatic rings. The minimum Gasteiger partial charge on any atom is -0.462 e. The molecule has 0 aromatic heterocycles. The van der Waals surface area contributed by atoms with E-state index in [-0.39, 0.29) is 25.2 Å². The molecule has 5 heteroatoms. The number of rotatable bonds is 38. The first-order chi connectivity index (χ1) is 24.6. The molecule has 0 aliphatic carbocycles. The number of carbonyl (C=O) groups excluding carboxylic acids is 2.